The summed E-state index contributed by atoms with van der Waals surface area (Å²) in [6.45, 7) is 1.29. The summed E-state index contributed by atoms with van der Waals surface area (Å²) in [5.41, 5.74) is 0. The summed E-state index contributed by atoms with van der Waals surface area (Å²) >= 11 is 0. The molecule has 0 aromatic heterocycles. The first-order chi connectivity index (χ1) is 4.47. The van der Waals surface area contributed by atoms with E-state index in [4.69, 9.17) is 0 Å². The zero-order valence-electron chi connectivity index (χ0n) is 5.90. The molecule has 9 heavy (non-hydrogen) atoms. The first-order valence-corrected chi connectivity index (χ1v) is 4.20. The quantitative estimate of drug-likeness (QED) is 0.518. The van der Waals surface area contributed by atoms with Crippen molar-refractivity contribution < 1.29 is 0 Å². The number of hydrogen-bond acceptors (Lipinski definition) is 1. The van der Waals surface area contributed by atoms with Crippen LogP contribution < -0.4 is 5.32 Å². The third kappa shape index (κ3) is 0.983. The largest absolute Gasteiger partial charge is 0.314 e. The molecule has 0 aromatic rings. The highest BCUT2D eigenvalue weighted by molar-refractivity contribution is 4.86. The third-order valence-electron chi connectivity index (χ3n) is 2.83. The molecule has 0 amide bonds. The lowest BCUT2D eigenvalue weighted by molar-refractivity contribution is 0.326. The lowest BCUT2D eigenvalue weighted by Gasteiger charge is -2.24. The van der Waals surface area contributed by atoms with Crippen molar-refractivity contribution in [3.8, 4) is 0 Å². The minimum atomic E-state index is 0.916. The molecule has 52 valence electrons. The van der Waals surface area contributed by atoms with Gasteiger partial charge in [-0.1, -0.05) is 12.8 Å². The van der Waals surface area contributed by atoms with Crippen LogP contribution in [0.25, 0.3) is 0 Å². The highest BCUT2D eigenvalue weighted by atomic mass is 15.0. The van der Waals surface area contributed by atoms with E-state index in [0.717, 1.165) is 12.0 Å². The summed E-state index contributed by atoms with van der Waals surface area (Å²) in [7, 11) is 0. The molecule has 1 N–H and O–H groups in total. The molecule has 1 saturated heterocycles. The van der Waals surface area contributed by atoms with Gasteiger partial charge in [-0.2, -0.15) is 0 Å². The van der Waals surface area contributed by atoms with E-state index in [1.54, 1.807) is 0 Å². The van der Waals surface area contributed by atoms with Gasteiger partial charge in [0.2, 0.25) is 0 Å². The molecule has 2 fully saturated rings. The van der Waals surface area contributed by atoms with Gasteiger partial charge in [-0.05, 0) is 31.7 Å². The van der Waals surface area contributed by atoms with E-state index < -0.39 is 0 Å². The summed E-state index contributed by atoms with van der Waals surface area (Å²) in [5, 5.41) is 3.56. The second kappa shape index (κ2) is 2.30. The minimum absolute atomic E-state index is 0.916. The molecule has 2 aliphatic rings. The molecule has 1 aliphatic carbocycles. The molecule has 1 saturated carbocycles. The lowest BCUT2D eigenvalue weighted by Crippen LogP contribution is -2.29. The van der Waals surface area contributed by atoms with E-state index in [1.165, 1.54) is 38.6 Å². The smallest absolute Gasteiger partial charge is 0.00958 e. The number of fused-ring (bicyclic) bond motifs is 1. The van der Waals surface area contributed by atoms with Crippen molar-refractivity contribution in [2.75, 3.05) is 6.54 Å². The molecule has 1 nitrogen and oxygen atoms in total. The maximum Gasteiger partial charge on any atom is 0.00958 e. The van der Waals surface area contributed by atoms with Crippen LogP contribution in [0.15, 0.2) is 0 Å². The fraction of sp³-hybridized carbons (Fsp3) is 1.00. The average Bonchev–Trinajstić information content (AvgIpc) is 2.33. The molecule has 2 unspecified atom stereocenters. The van der Waals surface area contributed by atoms with Gasteiger partial charge in [0, 0.05) is 6.04 Å². The van der Waals surface area contributed by atoms with Crippen LogP contribution >= 0.6 is 0 Å². The van der Waals surface area contributed by atoms with Gasteiger partial charge in [0.15, 0.2) is 0 Å². The third-order valence-corrected chi connectivity index (χ3v) is 2.83. The van der Waals surface area contributed by atoms with Crippen LogP contribution in [-0.4, -0.2) is 12.6 Å². The van der Waals surface area contributed by atoms with Crippen LogP contribution in [-0.2, 0) is 0 Å². The molecular formula is C8H15N. The maximum absolute atomic E-state index is 3.56. The number of hydrogen-bond donors (Lipinski definition) is 1. The molecule has 2 rings (SSSR count). The van der Waals surface area contributed by atoms with Crippen molar-refractivity contribution >= 4 is 0 Å². The molecule has 0 radical (unpaired) electrons. The zero-order chi connectivity index (χ0) is 6.10. The molecule has 1 heteroatoms. The van der Waals surface area contributed by atoms with E-state index >= 15 is 0 Å². The number of nitrogens with one attached hydrogen (secondary N) is 1. The standard InChI is InChI=1S/C8H15N/c1-2-4-8-7(3-1)5-6-9-8/h7-9H,1-6H2. The Bertz CT molecular complexity index is 88.7. The first-order valence-electron chi connectivity index (χ1n) is 4.20. The molecule has 0 aromatic carbocycles. The monoisotopic (exact) mass is 125 g/mol. The highest BCUT2D eigenvalue weighted by Crippen LogP contribution is 2.29. The van der Waals surface area contributed by atoms with E-state index in [9.17, 15) is 0 Å². The van der Waals surface area contributed by atoms with Crippen molar-refractivity contribution in [1.82, 2.24) is 5.32 Å². The van der Waals surface area contributed by atoms with Gasteiger partial charge in [0.1, 0.15) is 0 Å². The van der Waals surface area contributed by atoms with E-state index in [2.05, 4.69) is 5.32 Å². The lowest BCUT2D eigenvalue weighted by atomic mass is 9.86. The van der Waals surface area contributed by atoms with Gasteiger partial charge < -0.3 is 5.32 Å². The normalized spacial score (nSPS) is 42.7. The van der Waals surface area contributed by atoms with E-state index in [-0.39, 0.29) is 0 Å². The summed E-state index contributed by atoms with van der Waals surface area (Å²) in [5.74, 6) is 1.05. The Morgan fingerprint density at radius 3 is 2.78 bits per heavy atom. The Balaban J connectivity index is 1.97. The summed E-state index contributed by atoms with van der Waals surface area (Å²) in [6.07, 6.45) is 7.35. The maximum atomic E-state index is 3.56. The Morgan fingerprint density at radius 1 is 1.00 bits per heavy atom. The summed E-state index contributed by atoms with van der Waals surface area (Å²) in [6, 6.07) is 0.916. The van der Waals surface area contributed by atoms with Gasteiger partial charge in [-0.25, -0.2) is 0 Å². The van der Waals surface area contributed by atoms with Crippen molar-refractivity contribution in [2.24, 2.45) is 5.92 Å². The van der Waals surface area contributed by atoms with Crippen molar-refractivity contribution in [3.63, 3.8) is 0 Å². The topological polar surface area (TPSA) is 12.0 Å². The summed E-state index contributed by atoms with van der Waals surface area (Å²) in [4.78, 5) is 0. The Morgan fingerprint density at radius 2 is 1.89 bits per heavy atom. The predicted octanol–water partition coefficient (Wildman–Crippen LogP) is 1.54. The highest BCUT2D eigenvalue weighted by Gasteiger charge is 2.28. The molecule has 0 bridgehead atoms. The molecule has 1 heterocycles. The fourth-order valence-electron chi connectivity index (χ4n) is 2.28. The second-order valence-corrected chi connectivity index (χ2v) is 3.39. The van der Waals surface area contributed by atoms with Gasteiger partial charge in [-0.3, -0.25) is 0 Å². The Labute approximate surface area is 56.8 Å². The zero-order valence-corrected chi connectivity index (χ0v) is 5.90. The first kappa shape index (κ1) is 5.72. The van der Waals surface area contributed by atoms with Crippen LogP contribution in [0.5, 0.6) is 0 Å². The molecular weight excluding hydrogens is 110 g/mol. The van der Waals surface area contributed by atoms with Crippen molar-refractivity contribution in [2.45, 2.75) is 38.1 Å². The van der Waals surface area contributed by atoms with Crippen molar-refractivity contribution in [3.05, 3.63) is 0 Å². The SMILES string of the molecule is C1CCC2NCCC2C1. The van der Waals surface area contributed by atoms with Gasteiger partial charge in [0.25, 0.3) is 0 Å². The minimum Gasteiger partial charge on any atom is -0.314 e. The predicted molar refractivity (Wildman–Crippen MR) is 38.4 cm³/mol. The second-order valence-electron chi connectivity index (χ2n) is 3.39. The Kier molecular flexibility index (Phi) is 1.46. The fourth-order valence-corrected chi connectivity index (χ4v) is 2.28. The van der Waals surface area contributed by atoms with E-state index in [1.807, 2.05) is 0 Å². The number of rotatable bonds is 0. The average molecular weight is 125 g/mol. The van der Waals surface area contributed by atoms with Crippen molar-refractivity contribution in [1.29, 1.82) is 0 Å². The molecule has 1 aliphatic heterocycles. The summed E-state index contributed by atoms with van der Waals surface area (Å²) < 4.78 is 0. The van der Waals surface area contributed by atoms with Gasteiger partial charge in [-0.15, -0.1) is 0 Å². The van der Waals surface area contributed by atoms with Crippen LogP contribution in [0.2, 0.25) is 0 Å². The Hall–Kier alpha value is -0.0400. The molecule has 2 atom stereocenters. The van der Waals surface area contributed by atoms with Crippen LogP contribution in [0.4, 0.5) is 0 Å². The van der Waals surface area contributed by atoms with E-state index in [0.29, 0.717) is 0 Å². The van der Waals surface area contributed by atoms with Gasteiger partial charge >= 0.3 is 0 Å². The van der Waals surface area contributed by atoms with Crippen LogP contribution in [0, 0.1) is 5.92 Å². The van der Waals surface area contributed by atoms with Gasteiger partial charge in [0.05, 0.1) is 0 Å². The van der Waals surface area contributed by atoms with Crippen LogP contribution in [0.3, 0.4) is 0 Å². The molecule has 0 spiro atoms. The van der Waals surface area contributed by atoms with Crippen LogP contribution in [0.1, 0.15) is 32.1 Å².